The molecule has 29 heavy (non-hydrogen) atoms. The van der Waals surface area contributed by atoms with Crippen LogP contribution in [0.3, 0.4) is 0 Å². The van der Waals surface area contributed by atoms with Crippen molar-refractivity contribution in [2.75, 3.05) is 5.32 Å². The van der Waals surface area contributed by atoms with Crippen molar-refractivity contribution in [3.63, 3.8) is 0 Å². The number of hydrogen-bond donors (Lipinski definition) is 1. The van der Waals surface area contributed by atoms with Gasteiger partial charge in [0.25, 0.3) is 0 Å². The molecule has 0 saturated carbocycles. The van der Waals surface area contributed by atoms with Gasteiger partial charge in [0.05, 0.1) is 0 Å². The fourth-order valence-corrected chi connectivity index (χ4v) is 3.65. The van der Waals surface area contributed by atoms with Crippen molar-refractivity contribution in [3.8, 4) is 11.4 Å². The molecule has 0 aliphatic carbocycles. The molecule has 6 nitrogen and oxygen atoms in total. The fourth-order valence-electron chi connectivity index (χ4n) is 3.65. The van der Waals surface area contributed by atoms with Gasteiger partial charge < -0.3 is 9.88 Å². The number of hydrogen-bond acceptors (Lipinski definition) is 4. The van der Waals surface area contributed by atoms with Crippen molar-refractivity contribution < 1.29 is 9.59 Å². The van der Waals surface area contributed by atoms with E-state index in [0.29, 0.717) is 11.3 Å². The van der Waals surface area contributed by atoms with Crippen LogP contribution in [0.1, 0.15) is 48.3 Å². The van der Waals surface area contributed by atoms with Gasteiger partial charge in [0.15, 0.2) is 11.6 Å². The first-order valence-corrected chi connectivity index (χ1v) is 10.1. The maximum atomic E-state index is 12.3. The van der Waals surface area contributed by atoms with Crippen LogP contribution in [0.4, 0.5) is 5.69 Å². The molecule has 0 radical (unpaired) electrons. The van der Waals surface area contributed by atoms with E-state index in [0.717, 1.165) is 43.0 Å². The number of nitrogens with one attached hydrogen (secondary N) is 1. The van der Waals surface area contributed by atoms with Gasteiger partial charge in [-0.15, -0.1) is 10.2 Å². The van der Waals surface area contributed by atoms with Gasteiger partial charge in [-0.2, -0.15) is 0 Å². The van der Waals surface area contributed by atoms with Gasteiger partial charge in [0, 0.05) is 42.6 Å². The van der Waals surface area contributed by atoms with Crippen LogP contribution in [0.15, 0.2) is 54.6 Å². The number of carbonyl (C=O) groups excluding carboxylic acids is 2. The van der Waals surface area contributed by atoms with E-state index >= 15 is 0 Å². The molecule has 0 fully saturated rings. The summed E-state index contributed by atoms with van der Waals surface area (Å²) in [6.45, 7) is 0.926. The van der Waals surface area contributed by atoms with Gasteiger partial charge in [0.2, 0.25) is 5.91 Å². The zero-order valence-electron chi connectivity index (χ0n) is 16.3. The van der Waals surface area contributed by atoms with Crippen molar-refractivity contribution >= 4 is 17.4 Å². The first-order chi connectivity index (χ1) is 14.2. The van der Waals surface area contributed by atoms with E-state index in [-0.39, 0.29) is 24.5 Å². The highest BCUT2D eigenvalue weighted by atomic mass is 16.2. The van der Waals surface area contributed by atoms with Crippen LogP contribution in [0, 0.1) is 0 Å². The van der Waals surface area contributed by atoms with E-state index in [1.54, 1.807) is 12.1 Å². The third kappa shape index (κ3) is 4.59. The quantitative estimate of drug-likeness (QED) is 0.640. The van der Waals surface area contributed by atoms with E-state index in [1.807, 2.05) is 42.5 Å². The second-order valence-corrected chi connectivity index (χ2v) is 7.32. The predicted molar refractivity (Wildman–Crippen MR) is 112 cm³/mol. The summed E-state index contributed by atoms with van der Waals surface area (Å²) in [5.74, 6) is 1.68. The number of amides is 1. The number of Topliss-reactive ketones (excluding diaryl/α,β-unsaturated/α-hetero) is 1. The first-order valence-electron chi connectivity index (χ1n) is 10.1. The van der Waals surface area contributed by atoms with Crippen molar-refractivity contribution in [1.29, 1.82) is 0 Å². The summed E-state index contributed by atoms with van der Waals surface area (Å²) < 4.78 is 2.19. The van der Waals surface area contributed by atoms with E-state index < -0.39 is 0 Å². The Hall–Kier alpha value is -3.28. The van der Waals surface area contributed by atoms with Crippen molar-refractivity contribution in [2.24, 2.45) is 0 Å². The normalized spacial score (nSPS) is 13.4. The van der Waals surface area contributed by atoms with E-state index in [4.69, 9.17) is 0 Å². The topological polar surface area (TPSA) is 76.9 Å². The summed E-state index contributed by atoms with van der Waals surface area (Å²) in [5.41, 5.74) is 2.27. The maximum Gasteiger partial charge on any atom is 0.224 e. The smallest absolute Gasteiger partial charge is 0.224 e. The molecule has 0 bridgehead atoms. The molecule has 0 spiro atoms. The molecular weight excluding hydrogens is 364 g/mol. The second kappa shape index (κ2) is 8.82. The Morgan fingerprint density at radius 3 is 2.66 bits per heavy atom. The third-order valence-electron chi connectivity index (χ3n) is 5.19. The van der Waals surface area contributed by atoms with Crippen LogP contribution in [-0.2, 0) is 17.8 Å². The minimum absolute atomic E-state index is 0.0272. The molecule has 1 aliphatic heterocycles. The van der Waals surface area contributed by atoms with Crippen LogP contribution in [0.25, 0.3) is 11.4 Å². The highest BCUT2D eigenvalue weighted by Gasteiger charge is 2.16. The molecule has 148 valence electrons. The highest BCUT2D eigenvalue weighted by molar-refractivity contribution is 6.00. The molecule has 3 aromatic rings. The van der Waals surface area contributed by atoms with Gasteiger partial charge in [0.1, 0.15) is 5.82 Å². The molecule has 6 heteroatoms. The van der Waals surface area contributed by atoms with Crippen LogP contribution in [-0.4, -0.2) is 26.5 Å². The van der Waals surface area contributed by atoms with E-state index in [9.17, 15) is 9.59 Å². The Kier molecular flexibility index (Phi) is 5.79. The Morgan fingerprint density at radius 1 is 0.931 bits per heavy atom. The number of fused-ring (bicyclic) bond motifs is 1. The van der Waals surface area contributed by atoms with Crippen LogP contribution >= 0.6 is 0 Å². The Labute approximate surface area is 170 Å². The van der Waals surface area contributed by atoms with Crippen LogP contribution < -0.4 is 5.32 Å². The molecule has 1 N–H and O–H groups in total. The Morgan fingerprint density at radius 2 is 1.79 bits per heavy atom. The molecule has 1 aromatic heterocycles. The summed E-state index contributed by atoms with van der Waals surface area (Å²) in [6.07, 6.45) is 4.78. The molecular formula is C23H24N4O2. The van der Waals surface area contributed by atoms with Crippen LogP contribution in [0.2, 0.25) is 0 Å². The van der Waals surface area contributed by atoms with Crippen molar-refractivity contribution in [2.45, 2.75) is 45.1 Å². The standard InChI is InChI=1S/C23H24N4O2/c28-20(17-8-3-1-4-9-17)13-14-22(29)24-19-11-7-10-18(16-19)23-26-25-21-12-5-2-6-15-27(21)23/h1,3-4,7-11,16H,2,5-6,12-15H2,(H,24,29). The van der Waals surface area contributed by atoms with E-state index in [2.05, 4.69) is 20.1 Å². The predicted octanol–water partition coefficient (Wildman–Crippen LogP) is 4.27. The molecule has 0 unspecified atom stereocenters. The minimum atomic E-state index is -0.175. The number of benzene rings is 2. The average Bonchev–Trinajstić information content (AvgIpc) is 3.01. The number of anilines is 1. The molecule has 0 saturated heterocycles. The van der Waals surface area contributed by atoms with Gasteiger partial charge in [-0.05, 0) is 25.0 Å². The number of carbonyl (C=O) groups is 2. The summed E-state index contributed by atoms with van der Waals surface area (Å²) in [6, 6.07) is 16.7. The number of ketones is 1. The lowest BCUT2D eigenvalue weighted by Gasteiger charge is -2.09. The van der Waals surface area contributed by atoms with Crippen molar-refractivity contribution in [1.82, 2.24) is 14.8 Å². The van der Waals surface area contributed by atoms with Crippen LogP contribution in [0.5, 0.6) is 0 Å². The monoisotopic (exact) mass is 388 g/mol. The molecule has 2 heterocycles. The summed E-state index contributed by atoms with van der Waals surface area (Å²) in [7, 11) is 0. The summed E-state index contributed by atoms with van der Waals surface area (Å²) in [4.78, 5) is 24.5. The van der Waals surface area contributed by atoms with Gasteiger partial charge in [-0.3, -0.25) is 9.59 Å². The largest absolute Gasteiger partial charge is 0.326 e. The molecule has 1 amide bonds. The zero-order valence-corrected chi connectivity index (χ0v) is 16.3. The molecule has 1 aliphatic rings. The van der Waals surface area contributed by atoms with Gasteiger partial charge >= 0.3 is 0 Å². The Bertz CT molecular complexity index is 1010. The van der Waals surface area contributed by atoms with Gasteiger partial charge in [-0.1, -0.05) is 48.9 Å². The number of nitrogens with zero attached hydrogens (tertiary/aromatic N) is 3. The molecule has 0 atom stereocenters. The third-order valence-corrected chi connectivity index (χ3v) is 5.19. The SMILES string of the molecule is O=C(CCC(=O)c1ccccc1)Nc1cccc(-c2nnc3n2CCCCC3)c1. The fraction of sp³-hybridized carbons (Fsp3) is 0.304. The van der Waals surface area contributed by atoms with Gasteiger partial charge in [-0.25, -0.2) is 0 Å². The number of rotatable bonds is 6. The number of aryl methyl sites for hydroxylation is 1. The Balaban J connectivity index is 1.41. The van der Waals surface area contributed by atoms with Crippen molar-refractivity contribution in [3.05, 3.63) is 66.0 Å². The highest BCUT2D eigenvalue weighted by Crippen LogP contribution is 2.25. The molecule has 4 rings (SSSR count). The lowest BCUT2D eigenvalue weighted by molar-refractivity contribution is -0.116. The average molecular weight is 388 g/mol. The summed E-state index contributed by atoms with van der Waals surface area (Å²) in [5, 5.41) is 11.6. The summed E-state index contributed by atoms with van der Waals surface area (Å²) >= 11 is 0. The minimum Gasteiger partial charge on any atom is -0.326 e. The van der Waals surface area contributed by atoms with E-state index in [1.165, 1.54) is 6.42 Å². The lowest BCUT2D eigenvalue weighted by Crippen LogP contribution is -2.13. The first kappa shape index (κ1) is 19.1. The lowest BCUT2D eigenvalue weighted by atomic mass is 10.1. The molecule has 2 aromatic carbocycles. The maximum absolute atomic E-state index is 12.3. The number of aromatic nitrogens is 3. The second-order valence-electron chi connectivity index (χ2n) is 7.32. The zero-order chi connectivity index (χ0) is 20.1.